The van der Waals surface area contributed by atoms with E-state index in [9.17, 15) is 4.79 Å². The summed E-state index contributed by atoms with van der Waals surface area (Å²) in [5.41, 5.74) is 1.00. The first-order valence-corrected chi connectivity index (χ1v) is 9.03. The van der Waals surface area contributed by atoms with Crippen LogP contribution >= 0.6 is 34.8 Å². The van der Waals surface area contributed by atoms with Crippen molar-refractivity contribution in [1.29, 1.82) is 0 Å². The molecule has 4 nitrogen and oxygen atoms in total. The molecule has 0 unspecified atom stereocenters. The predicted molar refractivity (Wildman–Crippen MR) is 102 cm³/mol. The fourth-order valence-corrected chi connectivity index (χ4v) is 3.25. The van der Waals surface area contributed by atoms with Gasteiger partial charge in [-0.05, 0) is 24.3 Å². The van der Waals surface area contributed by atoms with Crippen LogP contribution in [-0.2, 0) is 4.79 Å². The van der Waals surface area contributed by atoms with Crippen molar-refractivity contribution in [3.05, 3.63) is 57.5 Å². The van der Waals surface area contributed by atoms with Crippen LogP contribution < -0.4 is 9.64 Å². The molecule has 1 aliphatic heterocycles. The lowest BCUT2D eigenvalue weighted by Gasteiger charge is -2.36. The number of para-hydroxylation sites is 1. The Morgan fingerprint density at radius 3 is 2.32 bits per heavy atom. The zero-order valence-electron chi connectivity index (χ0n) is 13.4. The van der Waals surface area contributed by atoms with Gasteiger partial charge in [-0.25, -0.2) is 0 Å². The quantitative estimate of drug-likeness (QED) is 0.765. The van der Waals surface area contributed by atoms with Crippen LogP contribution in [0.5, 0.6) is 5.75 Å². The largest absolute Gasteiger partial charge is 0.484 e. The molecule has 0 bridgehead atoms. The molecular weight excluding hydrogens is 383 g/mol. The second-order valence-electron chi connectivity index (χ2n) is 5.68. The predicted octanol–water partition coefficient (Wildman–Crippen LogP) is 4.37. The Bertz CT molecular complexity index is 762. The lowest BCUT2D eigenvalue weighted by molar-refractivity contribution is -0.133. The molecule has 2 aromatic carbocycles. The highest BCUT2D eigenvalue weighted by Crippen LogP contribution is 2.27. The normalized spacial score (nSPS) is 14.5. The van der Waals surface area contributed by atoms with Crippen LogP contribution in [0.1, 0.15) is 0 Å². The molecule has 3 rings (SSSR count). The number of amides is 1. The Balaban J connectivity index is 1.51. The molecule has 7 heteroatoms. The van der Waals surface area contributed by atoms with E-state index in [1.807, 2.05) is 24.3 Å². The molecule has 0 aliphatic carbocycles. The van der Waals surface area contributed by atoms with Gasteiger partial charge in [0.2, 0.25) is 0 Å². The summed E-state index contributed by atoms with van der Waals surface area (Å²) >= 11 is 18.0. The van der Waals surface area contributed by atoms with Crippen molar-refractivity contribution in [1.82, 2.24) is 4.90 Å². The van der Waals surface area contributed by atoms with Crippen LogP contribution in [0.2, 0.25) is 15.1 Å². The number of carbonyl (C=O) groups excluding carboxylic acids is 1. The summed E-state index contributed by atoms with van der Waals surface area (Å²) in [5, 5.41) is 1.58. The van der Waals surface area contributed by atoms with Crippen molar-refractivity contribution in [3.63, 3.8) is 0 Å². The first kappa shape index (κ1) is 18.2. The van der Waals surface area contributed by atoms with E-state index in [-0.39, 0.29) is 12.5 Å². The zero-order chi connectivity index (χ0) is 17.8. The van der Waals surface area contributed by atoms with Crippen LogP contribution in [0, 0.1) is 0 Å². The SMILES string of the molecule is O=C(COc1ccc(Cl)c(Cl)c1)N1CCN(c2ccccc2Cl)CC1. The second-order valence-corrected chi connectivity index (χ2v) is 6.91. The van der Waals surface area contributed by atoms with Gasteiger partial charge in [0.1, 0.15) is 5.75 Å². The molecule has 1 aliphatic rings. The van der Waals surface area contributed by atoms with E-state index in [2.05, 4.69) is 4.90 Å². The maximum Gasteiger partial charge on any atom is 0.260 e. The third kappa shape index (κ3) is 4.51. The van der Waals surface area contributed by atoms with Crippen molar-refractivity contribution >= 4 is 46.4 Å². The zero-order valence-corrected chi connectivity index (χ0v) is 15.7. The smallest absolute Gasteiger partial charge is 0.260 e. The van der Waals surface area contributed by atoms with Gasteiger partial charge in [-0.2, -0.15) is 0 Å². The number of ether oxygens (including phenoxy) is 1. The summed E-state index contributed by atoms with van der Waals surface area (Å²) in [5.74, 6) is 0.474. The van der Waals surface area contributed by atoms with Gasteiger partial charge in [0.05, 0.1) is 20.8 Å². The molecule has 1 fully saturated rings. The molecule has 0 aromatic heterocycles. The van der Waals surface area contributed by atoms with E-state index in [1.165, 1.54) is 0 Å². The second kappa shape index (κ2) is 8.17. The van der Waals surface area contributed by atoms with Crippen molar-refractivity contribution in [2.75, 3.05) is 37.7 Å². The van der Waals surface area contributed by atoms with E-state index in [0.29, 0.717) is 28.9 Å². The summed E-state index contributed by atoms with van der Waals surface area (Å²) in [6.45, 7) is 2.72. The monoisotopic (exact) mass is 398 g/mol. The number of anilines is 1. The number of rotatable bonds is 4. The van der Waals surface area contributed by atoms with E-state index >= 15 is 0 Å². The highest BCUT2D eigenvalue weighted by molar-refractivity contribution is 6.42. The lowest BCUT2D eigenvalue weighted by atomic mass is 10.2. The minimum atomic E-state index is -0.0510. The highest BCUT2D eigenvalue weighted by atomic mass is 35.5. The summed E-state index contributed by atoms with van der Waals surface area (Å²) < 4.78 is 5.52. The fourth-order valence-electron chi connectivity index (χ4n) is 2.71. The first-order chi connectivity index (χ1) is 12.0. The molecule has 0 radical (unpaired) electrons. The number of hydrogen-bond donors (Lipinski definition) is 0. The number of carbonyl (C=O) groups is 1. The minimum absolute atomic E-state index is 0.0238. The molecule has 0 N–H and O–H groups in total. The molecule has 1 saturated heterocycles. The van der Waals surface area contributed by atoms with Crippen LogP contribution in [0.3, 0.4) is 0 Å². The molecule has 1 amide bonds. The standard InChI is InChI=1S/C18H17Cl3N2O2/c19-14-6-5-13(11-16(14)21)25-12-18(24)23-9-7-22(8-10-23)17-4-2-1-3-15(17)20/h1-6,11H,7-10,12H2. The van der Waals surface area contributed by atoms with Gasteiger partial charge < -0.3 is 14.5 Å². The van der Waals surface area contributed by atoms with Crippen molar-refractivity contribution < 1.29 is 9.53 Å². The van der Waals surface area contributed by atoms with Crippen LogP contribution in [0.25, 0.3) is 0 Å². The van der Waals surface area contributed by atoms with Crippen LogP contribution in [0.4, 0.5) is 5.69 Å². The topological polar surface area (TPSA) is 32.8 Å². The van der Waals surface area contributed by atoms with Crippen molar-refractivity contribution in [2.45, 2.75) is 0 Å². The van der Waals surface area contributed by atoms with E-state index in [0.717, 1.165) is 23.8 Å². The first-order valence-electron chi connectivity index (χ1n) is 7.89. The van der Waals surface area contributed by atoms with Gasteiger partial charge >= 0.3 is 0 Å². The van der Waals surface area contributed by atoms with Gasteiger partial charge in [-0.3, -0.25) is 4.79 Å². The third-order valence-corrected chi connectivity index (χ3v) is 5.14. The number of benzene rings is 2. The van der Waals surface area contributed by atoms with E-state index in [1.54, 1.807) is 23.1 Å². The van der Waals surface area contributed by atoms with E-state index in [4.69, 9.17) is 39.5 Å². The molecule has 132 valence electrons. The molecule has 0 saturated carbocycles. The van der Waals surface area contributed by atoms with Gasteiger partial charge in [0.15, 0.2) is 6.61 Å². The van der Waals surface area contributed by atoms with Gasteiger partial charge in [0.25, 0.3) is 5.91 Å². The van der Waals surface area contributed by atoms with Gasteiger partial charge in [-0.15, -0.1) is 0 Å². The highest BCUT2D eigenvalue weighted by Gasteiger charge is 2.22. The van der Waals surface area contributed by atoms with Crippen molar-refractivity contribution in [2.24, 2.45) is 0 Å². The van der Waals surface area contributed by atoms with E-state index < -0.39 is 0 Å². The van der Waals surface area contributed by atoms with Crippen LogP contribution in [0.15, 0.2) is 42.5 Å². The Morgan fingerprint density at radius 2 is 1.64 bits per heavy atom. The average Bonchev–Trinajstić information content (AvgIpc) is 2.63. The Hall–Kier alpha value is -1.62. The lowest BCUT2D eigenvalue weighted by Crippen LogP contribution is -2.50. The van der Waals surface area contributed by atoms with Crippen LogP contribution in [-0.4, -0.2) is 43.6 Å². The van der Waals surface area contributed by atoms with Crippen molar-refractivity contribution in [3.8, 4) is 5.75 Å². The number of nitrogens with zero attached hydrogens (tertiary/aromatic N) is 2. The Kier molecular flexibility index (Phi) is 5.94. The molecular formula is C18H17Cl3N2O2. The molecule has 0 atom stereocenters. The molecule has 25 heavy (non-hydrogen) atoms. The average molecular weight is 400 g/mol. The Labute approximate surface area is 161 Å². The fraction of sp³-hybridized carbons (Fsp3) is 0.278. The maximum absolute atomic E-state index is 12.3. The summed E-state index contributed by atoms with van der Waals surface area (Å²) in [4.78, 5) is 16.3. The summed E-state index contributed by atoms with van der Waals surface area (Å²) in [6, 6.07) is 12.7. The maximum atomic E-state index is 12.3. The molecule has 2 aromatic rings. The number of piperazine rings is 1. The van der Waals surface area contributed by atoms with Gasteiger partial charge in [-0.1, -0.05) is 46.9 Å². The molecule has 0 spiro atoms. The third-order valence-electron chi connectivity index (χ3n) is 4.08. The molecule has 1 heterocycles. The summed E-state index contributed by atoms with van der Waals surface area (Å²) in [7, 11) is 0. The number of hydrogen-bond acceptors (Lipinski definition) is 3. The Morgan fingerprint density at radius 1 is 0.920 bits per heavy atom. The number of halogens is 3. The van der Waals surface area contributed by atoms with Gasteiger partial charge in [0, 0.05) is 32.2 Å². The minimum Gasteiger partial charge on any atom is -0.484 e. The summed E-state index contributed by atoms with van der Waals surface area (Å²) in [6.07, 6.45) is 0.